The van der Waals surface area contributed by atoms with Crippen LogP contribution < -0.4 is 5.32 Å². The number of halogens is 2. The molecule has 0 saturated heterocycles. The van der Waals surface area contributed by atoms with Crippen LogP contribution in [0, 0.1) is 0 Å². The summed E-state index contributed by atoms with van der Waals surface area (Å²) in [6, 6.07) is 10.4. The van der Waals surface area contributed by atoms with Gasteiger partial charge in [-0.15, -0.1) is 11.3 Å². The van der Waals surface area contributed by atoms with E-state index in [1.807, 2.05) is 12.1 Å². The summed E-state index contributed by atoms with van der Waals surface area (Å²) in [5.74, 6) is 0. The zero-order chi connectivity index (χ0) is 14.4. The van der Waals surface area contributed by atoms with Crippen LogP contribution in [0.25, 0.3) is 0 Å². The van der Waals surface area contributed by atoms with Crippen LogP contribution in [-0.2, 0) is 6.42 Å². The molecule has 0 fully saturated rings. The van der Waals surface area contributed by atoms with E-state index in [1.165, 1.54) is 4.88 Å². The van der Waals surface area contributed by atoms with E-state index >= 15 is 0 Å². The second-order valence-corrected chi connectivity index (χ2v) is 6.59. The summed E-state index contributed by atoms with van der Waals surface area (Å²) in [6.07, 6.45) is 3.19. The molecule has 20 heavy (non-hydrogen) atoms. The van der Waals surface area contributed by atoms with Crippen molar-refractivity contribution < 1.29 is 0 Å². The van der Waals surface area contributed by atoms with Crippen molar-refractivity contribution in [2.24, 2.45) is 0 Å². The zero-order valence-corrected chi connectivity index (χ0v) is 13.9. The lowest BCUT2D eigenvalue weighted by atomic mass is 10.0. The van der Waals surface area contributed by atoms with Gasteiger partial charge in [-0.05, 0) is 48.9 Å². The van der Waals surface area contributed by atoms with Crippen LogP contribution in [-0.4, -0.2) is 6.54 Å². The second-order valence-electron chi connectivity index (χ2n) is 4.77. The maximum Gasteiger partial charge on any atom is 0.0640 e. The number of thiophene rings is 1. The molecule has 2 rings (SSSR count). The summed E-state index contributed by atoms with van der Waals surface area (Å²) in [4.78, 5) is 1.41. The van der Waals surface area contributed by atoms with Gasteiger partial charge in [0.25, 0.3) is 0 Å². The molecule has 1 aromatic heterocycles. The molecule has 1 unspecified atom stereocenters. The molecular weight excluding hydrogens is 309 g/mol. The van der Waals surface area contributed by atoms with E-state index in [0.29, 0.717) is 10.0 Å². The van der Waals surface area contributed by atoms with Crippen LogP contribution in [0.2, 0.25) is 10.0 Å². The fourth-order valence-corrected chi connectivity index (χ4v) is 3.38. The third kappa shape index (κ3) is 4.23. The number of rotatable bonds is 7. The second kappa shape index (κ2) is 8.04. The van der Waals surface area contributed by atoms with E-state index < -0.39 is 0 Å². The van der Waals surface area contributed by atoms with Gasteiger partial charge in [-0.2, -0.15) is 0 Å². The predicted molar refractivity (Wildman–Crippen MR) is 90.1 cm³/mol. The Morgan fingerprint density at radius 3 is 2.75 bits per heavy atom. The molecule has 1 heterocycles. The Hall–Kier alpha value is -0.540. The molecule has 0 aliphatic heterocycles. The Morgan fingerprint density at radius 1 is 1.20 bits per heavy atom. The number of hydrogen-bond acceptors (Lipinski definition) is 2. The molecule has 1 nitrogen and oxygen atoms in total. The highest BCUT2D eigenvalue weighted by atomic mass is 35.5. The van der Waals surface area contributed by atoms with Gasteiger partial charge in [-0.3, -0.25) is 0 Å². The predicted octanol–water partition coefficient (Wildman–Crippen LogP) is 5.73. The van der Waals surface area contributed by atoms with E-state index in [2.05, 4.69) is 35.8 Å². The monoisotopic (exact) mass is 327 g/mol. The van der Waals surface area contributed by atoms with E-state index in [4.69, 9.17) is 23.2 Å². The molecule has 1 atom stereocenters. The van der Waals surface area contributed by atoms with Gasteiger partial charge in [0.1, 0.15) is 0 Å². The van der Waals surface area contributed by atoms with Crippen LogP contribution in [0.1, 0.15) is 36.2 Å². The van der Waals surface area contributed by atoms with Crippen molar-refractivity contribution in [2.75, 3.05) is 6.54 Å². The maximum absolute atomic E-state index is 6.36. The molecule has 1 aromatic carbocycles. The van der Waals surface area contributed by atoms with Crippen molar-refractivity contribution in [3.05, 3.63) is 56.2 Å². The Morgan fingerprint density at radius 2 is 2.05 bits per heavy atom. The van der Waals surface area contributed by atoms with Gasteiger partial charge in [0.2, 0.25) is 0 Å². The summed E-state index contributed by atoms with van der Waals surface area (Å²) in [5.41, 5.74) is 1.10. The highest BCUT2D eigenvalue weighted by molar-refractivity contribution is 7.09. The summed E-state index contributed by atoms with van der Waals surface area (Å²) in [5, 5.41) is 7.00. The molecule has 0 saturated carbocycles. The first kappa shape index (κ1) is 15.8. The highest BCUT2D eigenvalue weighted by Gasteiger charge is 2.15. The third-order valence-electron chi connectivity index (χ3n) is 3.26. The normalized spacial score (nSPS) is 12.6. The molecule has 0 aliphatic rings. The SMILES string of the molecule is CCCNC(CCc1cccs1)c1cccc(Cl)c1Cl. The topological polar surface area (TPSA) is 12.0 Å². The van der Waals surface area contributed by atoms with Gasteiger partial charge in [-0.25, -0.2) is 0 Å². The quantitative estimate of drug-likeness (QED) is 0.684. The van der Waals surface area contributed by atoms with E-state index in [1.54, 1.807) is 11.3 Å². The molecule has 0 radical (unpaired) electrons. The number of benzene rings is 1. The smallest absolute Gasteiger partial charge is 0.0640 e. The first-order valence-corrected chi connectivity index (χ1v) is 8.55. The minimum Gasteiger partial charge on any atom is -0.310 e. The lowest BCUT2D eigenvalue weighted by Crippen LogP contribution is -2.23. The van der Waals surface area contributed by atoms with Crippen LogP contribution in [0.15, 0.2) is 35.7 Å². The Balaban J connectivity index is 2.11. The first-order chi connectivity index (χ1) is 9.72. The van der Waals surface area contributed by atoms with Crippen molar-refractivity contribution >= 4 is 34.5 Å². The molecule has 0 amide bonds. The van der Waals surface area contributed by atoms with Crippen LogP contribution in [0.5, 0.6) is 0 Å². The van der Waals surface area contributed by atoms with Crippen LogP contribution in [0.3, 0.4) is 0 Å². The van der Waals surface area contributed by atoms with Crippen molar-refractivity contribution in [3.8, 4) is 0 Å². The molecular formula is C16H19Cl2NS. The van der Waals surface area contributed by atoms with Crippen LogP contribution >= 0.6 is 34.5 Å². The van der Waals surface area contributed by atoms with Crippen molar-refractivity contribution in [3.63, 3.8) is 0 Å². The van der Waals surface area contributed by atoms with Crippen molar-refractivity contribution in [2.45, 2.75) is 32.2 Å². The highest BCUT2D eigenvalue weighted by Crippen LogP contribution is 2.32. The molecule has 4 heteroatoms. The minimum atomic E-state index is 0.253. The number of hydrogen-bond donors (Lipinski definition) is 1. The minimum absolute atomic E-state index is 0.253. The molecule has 0 aliphatic carbocycles. The molecule has 108 valence electrons. The zero-order valence-electron chi connectivity index (χ0n) is 11.5. The Labute approximate surface area is 134 Å². The molecule has 2 aromatic rings. The lowest BCUT2D eigenvalue weighted by molar-refractivity contribution is 0.501. The first-order valence-electron chi connectivity index (χ1n) is 6.92. The lowest BCUT2D eigenvalue weighted by Gasteiger charge is -2.20. The van der Waals surface area contributed by atoms with E-state index in [0.717, 1.165) is 31.4 Å². The fraction of sp³-hybridized carbons (Fsp3) is 0.375. The average Bonchev–Trinajstić information content (AvgIpc) is 2.96. The Kier molecular flexibility index (Phi) is 6.37. The fourth-order valence-electron chi connectivity index (χ4n) is 2.22. The number of nitrogens with one attached hydrogen (secondary N) is 1. The van der Waals surface area contributed by atoms with Gasteiger partial charge in [0.15, 0.2) is 0 Å². The summed E-state index contributed by atoms with van der Waals surface area (Å²) in [6.45, 7) is 3.15. The largest absolute Gasteiger partial charge is 0.310 e. The number of aryl methyl sites for hydroxylation is 1. The standard InChI is InChI=1S/C16H19Cl2NS/c1-2-10-19-15(9-8-12-5-4-11-20-12)13-6-3-7-14(17)16(13)18/h3-7,11,15,19H,2,8-10H2,1H3. The van der Waals surface area contributed by atoms with Crippen LogP contribution in [0.4, 0.5) is 0 Å². The van der Waals surface area contributed by atoms with Gasteiger partial charge in [0.05, 0.1) is 10.0 Å². The van der Waals surface area contributed by atoms with E-state index in [-0.39, 0.29) is 6.04 Å². The summed E-state index contributed by atoms with van der Waals surface area (Å²) >= 11 is 14.3. The van der Waals surface area contributed by atoms with E-state index in [9.17, 15) is 0 Å². The molecule has 0 bridgehead atoms. The van der Waals surface area contributed by atoms with Crippen molar-refractivity contribution in [1.29, 1.82) is 0 Å². The van der Waals surface area contributed by atoms with Gasteiger partial charge in [-0.1, -0.05) is 48.3 Å². The average molecular weight is 328 g/mol. The van der Waals surface area contributed by atoms with Crippen molar-refractivity contribution in [1.82, 2.24) is 5.32 Å². The molecule has 1 N–H and O–H groups in total. The van der Waals surface area contributed by atoms with Gasteiger partial charge < -0.3 is 5.32 Å². The third-order valence-corrected chi connectivity index (χ3v) is 5.03. The molecule has 0 spiro atoms. The van der Waals surface area contributed by atoms with Gasteiger partial charge >= 0.3 is 0 Å². The Bertz CT molecular complexity index is 525. The summed E-state index contributed by atoms with van der Waals surface area (Å²) in [7, 11) is 0. The summed E-state index contributed by atoms with van der Waals surface area (Å²) < 4.78 is 0. The maximum atomic E-state index is 6.36. The van der Waals surface area contributed by atoms with Gasteiger partial charge in [0, 0.05) is 10.9 Å².